The van der Waals surface area contributed by atoms with E-state index in [1.54, 1.807) is 11.3 Å². The SMILES string of the molecule is O=C(NCC1CC1)c1c(NC(=O)C2CC2)sc2c1C[C@H](NC(=S)N(CCN1CCOCC1)Cc1ccccc1)CC2. The summed E-state index contributed by atoms with van der Waals surface area (Å²) in [6.07, 6.45) is 6.77. The van der Waals surface area contributed by atoms with Gasteiger partial charge in [0.05, 0.1) is 18.8 Å². The van der Waals surface area contributed by atoms with Crippen LogP contribution in [-0.4, -0.2) is 78.7 Å². The highest BCUT2D eigenvalue weighted by Gasteiger charge is 2.34. The molecule has 10 heteroatoms. The highest BCUT2D eigenvalue weighted by molar-refractivity contribution is 7.80. The second kappa shape index (κ2) is 13.2. The number of fused-ring (bicyclic) bond motifs is 1. The van der Waals surface area contributed by atoms with Crippen LogP contribution in [0.15, 0.2) is 30.3 Å². The number of rotatable bonds is 11. The minimum Gasteiger partial charge on any atom is -0.379 e. The Balaban J connectivity index is 1.15. The van der Waals surface area contributed by atoms with E-state index < -0.39 is 0 Å². The lowest BCUT2D eigenvalue weighted by Gasteiger charge is -2.33. The highest BCUT2D eigenvalue weighted by Crippen LogP contribution is 2.40. The molecule has 2 saturated carbocycles. The Labute approximate surface area is 252 Å². The number of nitrogens with zero attached hydrogens (tertiary/aromatic N) is 2. The summed E-state index contributed by atoms with van der Waals surface area (Å²) >= 11 is 7.61. The third-order valence-corrected chi connectivity index (χ3v) is 10.1. The Morgan fingerprint density at radius 3 is 2.59 bits per heavy atom. The maximum absolute atomic E-state index is 13.4. The molecule has 0 bridgehead atoms. The molecule has 0 unspecified atom stereocenters. The van der Waals surface area contributed by atoms with Gasteiger partial charge < -0.3 is 25.6 Å². The van der Waals surface area contributed by atoms with Crippen molar-refractivity contribution in [3.8, 4) is 0 Å². The molecule has 1 saturated heterocycles. The Morgan fingerprint density at radius 1 is 1.07 bits per heavy atom. The van der Waals surface area contributed by atoms with Crippen LogP contribution in [0.2, 0.25) is 0 Å². The van der Waals surface area contributed by atoms with E-state index in [1.165, 1.54) is 23.3 Å². The number of thiophene rings is 1. The second-order valence-electron chi connectivity index (χ2n) is 11.9. The summed E-state index contributed by atoms with van der Waals surface area (Å²) in [6.45, 7) is 6.71. The molecule has 1 aliphatic heterocycles. The van der Waals surface area contributed by atoms with Gasteiger partial charge in [0, 0.05) is 56.1 Å². The molecule has 1 atom stereocenters. The molecule has 2 amide bonds. The quantitative estimate of drug-likeness (QED) is 0.341. The Bertz CT molecular complexity index is 1240. The topological polar surface area (TPSA) is 85.9 Å². The largest absolute Gasteiger partial charge is 0.379 e. The fourth-order valence-corrected chi connectivity index (χ4v) is 7.22. The first-order chi connectivity index (χ1) is 20.0. The molecular weight excluding hydrogens is 555 g/mol. The van der Waals surface area contributed by atoms with Crippen LogP contribution in [0, 0.1) is 11.8 Å². The summed E-state index contributed by atoms with van der Waals surface area (Å²) < 4.78 is 5.53. The number of hydrogen-bond donors (Lipinski definition) is 3. The fraction of sp³-hybridized carbons (Fsp3) is 0.581. The van der Waals surface area contributed by atoms with Crippen LogP contribution in [0.5, 0.6) is 0 Å². The van der Waals surface area contributed by atoms with Gasteiger partial charge in [0.15, 0.2) is 5.11 Å². The fourth-order valence-electron chi connectivity index (χ4n) is 5.65. The summed E-state index contributed by atoms with van der Waals surface area (Å²) in [5.74, 6) is 0.682. The van der Waals surface area contributed by atoms with Crippen LogP contribution in [0.1, 0.15) is 58.5 Å². The van der Waals surface area contributed by atoms with Crippen molar-refractivity contribution in [3.63, 3.8) is 0 Å². The molecule has 8 nitrogen and oxygen atoms in total. The van der Waals surface area contributed by atoms with Crippen LogP contribution in [0.3, 0.4) is 0 Å². The number of amides is 2. The molecule has 1 aromatic carbocycles. The molecular formula is C31H41N5O3S2. The summed E-state index contributed by atoms with van der Waals surface area (Å²) in [6, 6.07) is 10.6. The van der Waals surface area contributed by atoms with Crippen molar-refractivity contribution >= 4 is 45.5 Å². The van der Waals surface area contributed by atoms with E-state index in [9.17, 15) is 9.59 Å². The highest BCUT2D eigenvalue weighted by atomic mass is 32.1. The minimum atomic E-state index is -0.0556. The smallest absolute Gasteiger partial charge is 0.254 e. The first-order valence-electron chi connectivity index (χ1n) is 15.2. The number of ether oxygens (including phenoxy) is 1. The Kier molecular flexibility index (Phi) is 9.20. The van der Waals surface area contributed by atoms with Crippen molar-refractivity contribution in [2.75, 3.05) is 51.3 Å². The second-order valence-corrected chi connectivity index (χ2v) is 13.4. The average molecular weight is 596 g/mol. The lowest BCUT2D eigenvalue weighted by molar-refractivity contribution is -0.117. The Hall–Kier alpha value is -2.53. The number of morpholine rings is 1. The Morgan fingerprint density at radius 2 is 1.85 bits per heavy atom. The van der Waals surface area contributed by atoms with Crippen molar-refractivity contribution in [1.82, 2.24) is 20.4 Å². The van der Waals surface area contributed by atoms with Gasteiger partial charge in [-0.2, -0.15) is 0 Å². The minimum absolute atomic E-state index is 0.0486. The van der Waals surface area contributed by atoms with Crippen molar-refractivity contribution in [1.29, 1.82) is 0 Å². The molecule has 3 fully saturated rings. The molecule has 3 aliphatic carbocycles. The monoisotopic (exact) mass is 595 g/mol. The summed E-state index contributed by atoms with van der Waals surface area (Å²) in [4.78, 5) is 32.0. The van der Waals surface area contributed by atoms with E-state index in [2.05, 4.69) is 50.0 Å². The average Bonchev–Trinajstić information content (AvgIpc) is 3.92. The van der Waals surface area contributed by atoms with E-state index in [0.29, 0.717) is 18.0 Å². The van der Waals surface area contributed by atoms with Gasteiger partial charge in [0.25, 0.3) is 5.91 Å². The van der Waals surface area contributed by atoms with E-state index >= 15 is 0 Å². The number of hydrogen-bond acceptors (Lipinski definition) is 6. The number of carbonyl (C=O) groups is 2. The molecule has 3 N–H and O–H groups in total. The van der Waals surface area contributed by atoms with Crippen molar-refractivity contribution < 1.29 is 14.3 Å². The molecule has 41 heavy (non-hydrogen) atoms. The van der Waals surface area contributed by atoms with Gasteiger partial charge in [0.2, 0.25) is 5.91 Å². The maximum atomic E-state index is 13.4. The van der Waals surface area contributed by atoms with Gasteiger partial charge in [-0.25, -0.2) is 0 Å². The van der Waals surface area contributed by atoms with Crippen LogP contribution in [-0.2, 0) is 28.9 Å². The number of anilines is 1. The first-order valence-corrected chi connectivity index (χ1v) is 16.4. The standard InChI is InChI=1S/C31H41N5O3S2/c37-28(23-8-9-23)34-30-27(29(38)32-19-21-6-7-21)25-18-24(10-11-26(25)41-30)33-31(40)36(20-22-4-2-1-3-5-22)13-12-35-14-16-39-17-15-35/h1-5,21,23-24H,6-20H2,(H,32,38)(H,33,40)(H,34,37)/t24-/m1/s1. The van der Waals surface area contributed by atoms with Gasteiger partial charge in [0.1, 0.15) is 5.00 Å². The number of thiocarbonyl (C=S) groups is 1. The number of benzene rings is 1. The molecule has 0 radical (unpaired) electrons. The lowest BCUT2D eigenvalue weighted by Crippen LogP contribution is -2.49. The zero-order chi connectivity index (χ0) is 28.2. The van der Waals surface area contributed by atoms with E-state index in [1.807, 2.05) is 6.07 Å². The van der Waals surface area contributed by atoms with Gasteiger partial charge in [-0.3, -0.25) is 14.5 Å². The maximum Gasteiger partial charge on any atom is 0.254 e. The number of aryl methyl sites for hydroxylation is 1. The van der Waals surface area contributed by atoms with Gasteiger partial charge in [-0.15, -0.1) is 11.3 Å². The summed E-state index contributed by atoms with van der Waals surface area (Å²) in [5.41, 5.74) is 2.97. The zero-order valence-corrected chi connectivity index (χ0v) is 25.3. The summed E-state index contributed by atoms with van der Waals surface area (Å²) in [7, 11) is 0. The van der Waals surface area contributed by atoms with Gasteiger partial charge >= 0.3 is 0 Å². The van der Waals surface area contributed by atoms with Crippen molar-refractivity contribution in [2.24, 2.45) is 11.8 Å². The third kappa shape index (κ3) is 7.66. The lowest BCUT2D eigenvalue weighted by atomic mass is 9.91. The van der Waals surface area contributed by atoms with Crippen molar-refractivity contribution in [3.05, 3.63) is 51.9 Å². The van der Waals surface area contributed by atoms with Gasteiger partial charge in [-0.05, 0) is 74.2 Å². The van der Waals surface area contributed by atoms with Gasteiger partial charge in [-0.1, -0.05) is 30.3 Å². The summed E-state index contributed by atoms with van der Waals surface area (Å²) in [5, 5.41) is 11.4. The number of carbonyl (C=O) groups excluding carboxylic acids is 2. The van der Waals surface area contributed by atoms with Crippen LogP contribution in [0.4, 0.5) is 5.00 Å². The van der Waals surface area contributed by atoms with Crippen molar-refractivity contribution in [2.45, 2.75) is 57.5 Å². The molecule has 220 valence electrons. The first kappa shape index (κ1) is 28.6. The van der Waals surface area contributed by atoms with E-state index in [4.69, 9.17) is 17.0 Å². The number of nitrogens with one attached hydrogen (secondary N) is 3. The van der Waals surface area contributed by atoms with Crippen LogP contribution >= 0.6 is 23.6 Å². The molecule has 4 aliphatic rings. The predicted octanol–water partition coefficient (Wildman–Crippen LogP) is 3.80. The molecule has 2 aromatic rings. The predicted molar refractivity (Wildman–Crippen MR) is 166 cm³/mol. The normalized spacial score (nSPS) is 20.6. The molecule has 0 spiro atoms. The molecule has 1 aromatic heterocycles. The molecule has 6 rings (SSSR count). The zero-order valence-electron chi connectivity index (χ0n) is 23.7. The van der Waals surface area contributed by atoms with Crippen LogP contribution < -0.4 is 16.0 Å². The third-order valence-electron chi connectivity index (χ3n) is 8.54. The van der Waals surface area contributed by atoms with E-state index in [-0.39, 0.29) is 23.8 Å². The van der Waals surface area contributed by atoms with Crippen LogP contribution in [0.25, 0.3) is 0 Å². The van der Waals surface area contributed by atoms with E-state index in [0.717, 1.165) is 93.7 Å². The molecule has 2 heterocycles.